The number of thiazole rings is 1. The zero-order valence-electron chi connectivity index (χ0n) is 15.9. The largest absolute Gasteiger partial charge is 0.486 e. The fourth-order valence-corrected chi connectivity index (χ4v) is 4.47. The zero-order chi connectivity index (χ0) is 20.5. The molecular weight excluding hydrogens is 422 g/mol. The quantitative estimate of drug-likeness (QED) is 0.461. The van der Waals surface area contributed by atoms with Crippen molar-refractivity contribution in [3.05, 3.63) is 75.6 Å². The standard InChI is InChI=1S/C21H18ClN5O2S/c22-14-6-8-15(9-7-14)29-12-19-23-16(13-30-19)21(28)26-11-3-4-17(26)20-25-24-18-5-1-2-10-27(18)20/h1-2,5-10,13,17H,3-4,11-12H2/t17-/m1/s1. The van der Waals surface area contributed by atoms with E-state index >= 15 is 0 Å². The summed E-state index contributed by atoms with van der Waals surface area (Å²) in [6.45, 7) is 0.983. The number of aromatic nitrogens is 4. The zero-order valence-corrected chi connectivity index (χ0v) is 17.5. The number of nitrogens with zero attached hydrogens (tertiary/aromatic N) is 5. The van der Waals surface area contributed by atoms with E-state index in [1.165, 1.54) is 11.3 Å². The van der Waals surface area contributed by atoms with Crippen LogP contribution in [0.5, 0.6) is 5.75 Å². The first-order chi connectivity index (χ1) is 14.7. The lowest BCUT2D eigenvalue weighted by molar-refractivity contribution is 0.0723. The van der Waals surface area contributed by atoms with Gasteiger partial charge in [0.05, 0.1) is 6.04 Å². The molecule has 0 radical (unpaired) electrons. The van der Waals surface area contributed by atoms with Gasteiger partial charge >= 0.3 is 0 Å². The van der Waals surface area contributed by atoms with E-state index in [1.807, 2.05) is 33.7 Å². The average Bonchev–Trinajstić information content (AvgIpc) is 3.51. The number of benzene rings is 1. The minimum Gasteiger partial charge on any atom is -0.486 e. The summed E-state index contributed by atoms with van der Waals surface area (Å²) in [5, 5.41) is 11.8. The van der Waals surface area contributed by atoms with Gasteiger partial charge in [-0.15, -0.1) is 21.5 Å². The molecule has 0 bridgehead atoms. The highest BCUT2D eigenvalue weighted by atomic mass is 35.5. The minimum atomic E-state index is -0.106. The molecule has 1 aliphatic rings. The molecule has 4 heterocycles. The SMILES string of the molecule is O=C(c1csc(COc2ccc(Cl)cc2)n1)N1CCC[C@@H]1c1nnc2ccccn12. The Morgan fingerprint density at radius 1 is 1.20 bits per heavy atom. The lowest BCUT2D eigenvalue weighted by Gasteiger charge is -2.22. The third-order valence-corrected chi connectivity index (χ3v) is 6.17. The van der Waals surface area contributed by atoms with Crippen LogP contribution in [0, 0.1) is 0 Å². The Kier molecular flexibility index (Phi) is 5.10. The van der Waals surface area contributed by atoms with E-state index in [1.54, 1.807) is 29.6 Å². The molecule has 1 aliphatic heterocycles. The number of fused-ring (bicyclic) bond motifs is 1. The van der Waals surface area contributed by atoms with E-state index in [9.17, 15) is 4.79 Å². The van der Waals surface area contributed by atoms with Crippen molar-refractivity contribution < 1.29 is 9.53 Å². The summed E-state index contributed by atoms with van der Waals surface area (Å²) in [7, 11) is 0. The van der Waals surface area contributed by atoms with Crippen LogP contribution < -0.4 is 4.74 Å². The fraction of sp³-hybridized carbons (Fsp3) is 0.238. The van der Waals surface area contributed by atoms with E-state index in [2.05, 4.69) is 15.2 Å². The van der Waals surface area contributed by atoms with Crippen LogP contribution in [0.1, 0.15) is 40.2 Å². The molecule has 3 aromatic heterocycles. The topological polar surface area (TPSA) is 72.6 Å². The van der Waals surface area contributed by atoms with E-state index in [-0.39, 0.29) is 11.9 Å². The minimum absolute atomic E-state index is 0.0841. The second-order valence-electron chi connectivity index (χ2n) is 7.01. The van der Waals surface area contributed by atoms with Gasteiger partial charge in [0.2, 0.25) is 0 Å². The first kappa shape index (κ1) is 19.0. The summed E-state index contributed by atoms with van der Waals surface area (Å²) in [5.41, 5.74) is 1.22. The second-order valence-corrected chi connectivity index (χ2v) is 8.39. The van der Waals surface area contributed by atoms with Gasteiger partial charge in [0.1, 0.15) is 23.1 Å². The molecule has 0 unspecified atom stereocenters. The number of hydrogen-bond acceptors (Lipinski definition) is 6. The van der Waals surface area contributed by atoms with Crippen LogP contribution in [0.2, 0.25) is 5.02 Å². The number of ether oxygens (including phenoxy) is 1. The van der Waals surface area contributed by atoms with E-state index in [4.69, 9.17) is 16.3 Å². The number of halogens is 1. The Balaban J connectivity index is 1.31. The molecule has 152 valence electrons. The van der Waals surface area contributed by atoms with Gasteiger partial charge in [-0.3, -0.25) is 9.20 Å². The number of pyridine rings is 1. The predicted molar refractivity (Wildman–Crippen MR) is 114 cm³/mol. The van der Waals surface area contributed by atoms with Gasteiger partial charge in [-0.05, 0) is 49.2 Å². The first-order valence-electron chi connectivity index (χ1n) is 9.62. The number of likely N-dealkylation sites (tertiary alicyclic amines) is 1. The van der Waals surface area contributed by atoms with Crippen molar-refractivity contribution in [1.82, 2.24) is 24.5 Å². The van der Waals surface area contributed by atoms with Crippen LogP contribution in [-0.2, 0) is 6.61 Å². The molecule has 4 aromatic rings. The summed E-state index contributed by atoms with van der Waals surface area (Å²) >= 11 is 7.31. The Morgan fingerprint density at radius 3 is 2.93 bits per heavy atom. The third-order valence-electron chi connectivity index (χ3n) is 5.10. The van der Waals surface area contributed by atoms with Crippen molar-refractivity contribution in [2.75, 3.05) is 6.54 Å². The van der Waals surface area contributed by atoms with Crippen molar-refractivity contribution in [2.24, 2.45) is 0 Å². The Bertz CT molecular complexity index is 1190. The molecule has 1 saturated heterocycles. The molecule has 1 atom stereocenters. The molecule has 9 heteroatoms. The lowest BCUT2D eigenvalue weighted by Crippen LogP contribution is -2.31. The van der Waals surface area contributed by atoms with Gasteiger partial charge in [0, 0.05) is 23.1 Å². The lowest BCUT2D eigenvalue weighted by atomic mass is 10.2. The molecule has 1 fully saturated rings. The van der Waals surface area contributed by atoms with Gasteiger partial charge in [0.25, 0.3) is 5.91 Å². The van der Waals surface area contributed by atoms with Gasteiger partial charge in [-0.2, -0.15) is 0 Å². The predicted octanol–water partition coefficient (Wildman–Crippen LogP) is 4.40. The molecular formula is C21H18ClN5O2S. The highest BCUT2D eigenvalue weighted by Crippen LogP contribution is 2.32. The molecule has 30 heavy (non-hydrogen) atoms. The van der Waals surface area contributed by atoms with Crippen molar-refractivity contribution in [3.63, 3.8) is 0 Å². The van der Waals surface area contributed by atoms with Crippen LogP contribution in [0.3, 0.4) is 0 Å². The van der Waals surface area contributed by atoms with Gasteiger partial charge in [-0.25, -0.2) is 4.98 Å². The summed E-state index contributed by atoms with van der Waals surface area (Å²) in [6.07, 6.45) is 3.72. The maximum absolute atomic E-state index is 13.2. The Morgan fingerprint density at radius 2 is 2.07 bits per heavy atom. The van der Waals surface area contributed by atoms with Crippen LogP contribution in [-0.4, -0.2) is 36.9 Å². The van der Waals surface area contributed by atoms with Crippen LogP contribution in [0.4, 0.5) is 0 Å². The fourth-order valence-electron chi connectivity index (χ4n) is 3.66. The molecule has 1 aromatic carbocycles. The maximum atomic E-state index is 13.2. The summed E-state index contributed by atoms with van der Waals surface area (Å²) < 4.78 is 7.68. The Labute approximate surface area is 181 Å². The van der Waals surface area contributed by atoms with Crippen LogP contribution >= 0.6 is 22.9 Å². The molecule has 0 spiro atoms. The number of hydrogen-bond donors (Lipinski definition) is 0. The van der Waals surface area contributed by atoms with Crippen molar-refractivity contribution in [1.29, 1.82) is 0 Å². The number of carbonyl (C=O) groups excluding carboxylic acids is 1. The normalized spacial score (nSPS) is 16.3. The molecule has 0 aliphatic carbocycles. The van der Waals surface area contributed by atoms with E-state index in [0.29, 0.717) is 29.6 Å². The van der Waals surface area contributed by atoms with Crippen molar-refractivity contribution in [2.45, 2.75) is 25.5 Å². The first-order valence-corrected chi connectivity index (χ1v) is 10.9. The Hall–Kier alpha value is -2.97. The number of amides is 1. The molecule has 7 nitrogen and oxygen atoms in total. The molecule has 0 saturated carbocycles. The third kappa shape index (κ3) is 3.64. The molecule has 0 N–H and O–H groups in total. The van der Waals surface area contributed by atoms with Crippen molar-refractivity contribution >= 4 is 34.5 Å². The van der Waals surface area contributed by atoms with Crippen molar-refractivity contribution in [3.8, 4) is 5.75 Å². The van der Waals surface area contributed by atoms with Crippen LogP contribution in [0.25, 0.3) is 5.65 Å². The van der Waals surface area contributed by atoms with Gasteiger partial charge in [-0.1, -0.05) is 17.7 Å². The second kappa shape index (κ2) is 8.04. The molecule has 5 rings (SSSR count). The summed E-state index contributed by atoms with van der Waals surface area (Å²) in [5.74, 6) is 1.41. The van der Waals surface area contributed by atoms with Crippen LogP contribution in [0.15, 0.2) is 54.0 Å². The summed E-state index contributed by atoms with van der Waals surface area (Å²) in [6, 6.07) is 12.8. The van der Waals surface area contributed by atoms with Gasteiger partial charge in [0.15, 0.2) is 11.5 Å². The molecule has 1 amide bonds. The maximum Gasteiger partial charge on any atom is 0.273 e. The monoisotopic (exact) mass is 439 g/mol. The smallest absolute Gasteiger partial charge is 0.273 e. The highest BCUT2D eigenvalue weighted by Gasteiger charge is 2.34. The van der Waals surface area contributed by atoms with E-state index in [0.717, 1.165) is 29.3 Å². The van der Waals surface area contributed by atoms with Gasteiger partial charge < -0.3 is 9.64 Å². The highest BCUT2D eigenvalue weighted by molar-refractivity contribution is 7.09. The number of carbonyl (C=O) groups is 1. The average molecular weight is 440 g/mol. The summed E-state index contributed by atoms with van der Waals surface area (Å²) in [4.78, 5) is 19.5. The number of rotatable bonds is 5. The van der Waals surface area contributed by atoms with E-state index < -0.39 is 0 Å².